The van der Waals surface area contributed by atoms with Crippen molar-refractivity contribution < 1.29 is 23.1 Å². The minimum Gasteiger partial charge on any atom is -0.480 e. The fraction of sp³-hybridized carbons (Fsp3) is 0.714. The van der Waals surface area contributed by atoms with Crippen molar-refractivity contribution in [1.29, 1.82) is 0 Å². The number of carbonyl (C=O) groups excluding carboxylic acids is 1. The number of likely N-dealkylation sites (N-methyl/N-ethyl adjacent to an activating group) is 1. The molecule has 8 heteroatoms. The van der Waals surface area contributed by atoms with Gasteiger partial charge in [-0.25, -0.2) is 13.2 Å². The van der Waals surface area contributed by atoms with Crippen LogP contribution in [-0.2, 0) is 14.6 Å². The normalized spacial score (nSPS) is 10.8. The molecule has 0 aliphatic heterocycles. The van der Waals surface area contributed by atoms with Gasteiger partial charge in [0.15, 0.2) is 0 Å². The zero-order chi connectivity index (χ0) is 12.1. The smallest absolute Gasteiger partial charge is 0.323 e. The number of aliphatic carboxylic acids is 1. The zero-order valence-corrected chi connectivity index (χ0v) is 9.37. The Labute approximate surface area is 88.0 Å². The van der Waals surface area contributed by atoms with Crippen LogP contribution in [0.5, 0.6) is 0 Å². The van der Waals surface area contributed by atoms with Crippen LogP contribution in [0, 0.1) is 0 Å². The van der Waals surface area contributed by atoms with Gasteiger partial charge in [-0.1, -0.05) is 0 Å². The van der Waals surface area contributed by atoms with Crippen molar-refractivity contribution in [3.05, 3.63) is 0 Å². The molecule has 0 aromatic carbocycles. The van der Waals surface area contributed by atoms with Crippen molar-refractivity contribution in [2.24, 2.45) is 0 Å². The van der Waals surface area contributed by atoms with Crippen LogP contribution < -0.4 is 5.32 Å². The van der Waals surface area contributed by atoms with Gasteiger partial charge < -0.3 is 15.3 Å². The molecule has 0 atom stereocenters. The van der Waals surface area contributed by atoms with Gasteiger partial charge in [-0.15, -0.1) is 0 Å². The lowest BCUT2D eigenvalue weighted by Crippen LogP contribution is -2.41. The van der Waals surface area contributed by atoms with E-state index in [1.807, 2.05) is 0 Å². The highest BCUT2D eigenvalue weighted by atomic mass is 32.2. The van der Waals surface area contributed by atoms with E-state index in [1.165, 1.54) is 7.05 Å². The van der Waals surface area contributed by atoms with E-state index in [-0.39, 0.29) is 12.3 Å². The molecule has 0 unspecified atom stereocenters. The molecule has 2 N–H and O–H groups in total. The molecule has 0 aliphatic carbocycles. The molecule has 0 rings (SSSR count). The van der Waals surface area contributed by atoms with Crippen molar-refractivity contribution in [3.63, 3.8) is 0 Å². The summed E-state index contributed by atoms with van der Waals surface area (Å²) >= 11 is 0. The van der Waals surface area contributed by atoms with Crippen molar-refractivity contribution in [2.75, 3.05) is 32.1 Å². The maximum absolute atomic E-state index is 11.1. The van der Waals surface area contributed by atoms with Crippen LogP contribution >= 0.6 is 0 Å². The maximum atomic E-state index is 11.1. The molecule has 0 aliphatic rings. The summed E-state index contributed by atoms with van der Waals surface area (Å²) in [6.45, 7) is -0.452. The molecule has 0 saturated carbocycles. The van der Waals surface area contributed by atoms with Crippen molar-refractivity contribution >= 4 is 21.8 Å². The molecular formula is C7H14N2O5S. The lowest BCUT2D eigenvalue weighted by Gasteiger charge is -2.14. The highest BCUT2D eigenvalue weighted by Crippen LogP contribution is 1.85. The standard InChI is InChI=1S/C7H14N2O5S/c1-9(5-6(10)11)7(12)8-3-4-15(2,13)14/h3-5H2,1-2H3,(H,8,12)(H,10,11). The molecule has 15 heavy (non-hydrogen) atoms. The van der Waals surface area contributed by atoms with Crippen LogP contribution in [0.4, 0.5) is 4.79 Å². The summed E-state index contributed by atoms with van der Waals surface area (Å²) in [6.07, 6.45) is 1.06. The van der Waals surface area contributed by atoms with Crippen molar-refractivity contribution in [3.8, 4) is 0 Å². The number of amides is 2. The van der Waals surface area contributed by atoms with E-state index in [9.17, 15) is 18.0 Å². The Balaban J connectivity index is 3.89. The Hall–Kier alpha value is -1.31. The third kappa shape index (κ3) is 7.74. The number of carboxylic acids is 1. The first-order valence-electron chi connectivity index (χ1n) is 4.11. The van der Waals surface area contributed by atoms with Gasteiger partial charge in [0, 0.05) is 19.8 Å². The van der Waals surface area contributed by atoms with E-state index in [1.54, 1.807) is 0 Å². The first-order valence-corrected chi connectivity index (χ1v) is 6.17. The number of carbonyl (C=O) groups is 2. The Bertz CT molecular complexity index is 337. The molecule has 0 heterocycles. The van der Waals surface area contributed by atoms with Crippen molar-refractivity contribution in [2.45, 2.75) is 0 Å². The molecule has 0 bridgehead atoms. The molecular weight excluding hydrogens is 224 g/mol. The molecule has 0 aromatic rings. The average Bonchev–Trinajstić information content (AvgIpc) is 2.00. The fourth-order valence-electron chi connectivity index (χ4n) is 0.753. The number of sulfone groups is 1. The quantitative estimate of drug-likeness (QED) is 0.623. The van der Waals surface area contributed by atoms with Crippen LogP contribution in [0.25, 0.3) is 0 Å². The topological polar surface area (TPSA) is 104 Å². The summed E-state index contributed by atoms with van der Waals surface area (Å²) in [5.41, 5.74) is 0. The first-order chi connectivity index (χ1) is 6.72. The Kier molecular flexibility index (Phi) is 5.06. The number of urea groups is 1. The summed E-state index contributed by atoms with van der Waals surface area (Å²) < 4.78 is 21.4. The Morgan fingerprint density at radius 3 is 2.33 bits per heavy atom. The minimum atomic E-state index is -3.12. The molecule has 0 radical (unpaired) electrons. The predicted molar refractivity (Wildman–Crippen MR) is 53.4 cm³/mol. The number of nitrogens with one attached hydrogen (secondary N) is 1. The van der Waals surface area contributed by atoms with Gasteiger partial charge in [0.2, 0.25) is 0 Å². The van der Waals surface area contributed by atoms with Crippen LogP contribution in [0.2, 0.25) is 0 Å². The molecule has 88 valence electrons. The first kappa shape index (κ1) is 13.7. The van der Waals surface area contributed by atoms with Gasteiger partial charge in [0.25, 0.3) is 0 Å². The van der Waals surface area contributed by atoms with Gasteiger partial charge in [-0.3, -0.25) is 4.79 Å². The lowest BCUT2D eigenvalue weighted by atomic mass is 10.6. The van der Waals surface area contributed by atoms with Crippen LogP contribution in [-0.4, -0.2) is 62.6 Å². The van der Waals surface area contributed by atoms with E-state index >= 15 is 0 Å². The molecule has 0 spiro atoms. The number of carboxylic acid groups (broad SMARTS) is 1. The largest absolute Gasteiger partial charge is 0.480 e. The van der Waals surface area contributed by atoms with E-state index in [2.05, 4.69) is 5.32 Å². The third-order valence-corrected chi connectivity index (χ3v) is 2.41. The van der Waals surface area contributed by atoms with Gasteiger partial charge >= 0.3 is 12.0 Å². The van der Waals surface area contributed by atoms with Gasteiger partial charge in [0.05, 0.1) is 5.75 Å². The summed E-state index contributed by atoms with van der Waals surface area (Å²) in [6, 6.07) is -0.610. The number of hydrogen-bond acceptors (Lipinski definition) is 4. The number of rotatable bonds is 5. The van der Waals surface area contributed by atoms with Crippen LogP contribution in [0.1, 0.15) is 0 Å². The van der Waals surface area contributed by atoms with Crippen molar-refractivity contribution in [1.82, 2.24) is 10.2 Å². The Morgan fingerprint density at radius 2 is 1.93 bits per heavy atom. The number of hydrogen-bond donors (Lipinski definition) is 2. The second kappa shape index (κ2) is 5.54. The summed E-state index contributed by atoms with van der Waals surface area (Å²) in [5, 5.41) is 10.7. The van der Waals surface area contributed by atoms with Gasteiger partial charge in [-0.05, 0) is 0 Å². The highest BCUT2D eigenvalue weighted by molar-refractivity contribution is 7.90. The predicted octanol–water partition coefficient (Wildman–Crippen LogP) is -1.24. The maximum Gasteiger partial charge on any atom is 0.323 e. The zero-order valence-electron chi connectivity index (χ0n) is 8.56. The van der Waals surface area contributed by atoms with E-state index in [4.69, 9.17) is 5.11 Å². The number of nitrogens with zero attached hydrogens (tertiary/aromatic N) is 1. The van der Waals surface area contributed by atoms with Gasteiger partial charge in [-0.2, -0.15) is 0 Å². The second-order valence-corrected chi connectivity index (χ2v) is 5.37. The minimum absolute atomic E-state index is 0.0262. The van der Waals surface area contributed by atoms with Gasteiger partial charge in [0.1, 0.15) is 16.4 Å². The van der Waals surface area contributed by atoms with Crippen LogP contribution in [0.15, 0.2) is 0 Å². The van der Waals surface area contributed by atoms with E-state index in [0.717, 1.165) is 11.2 Å². The summed E-state index contributed by atoms with van der Waals surface area (Å²) in [7, 11) is -1.81. The van der Waals surface area contributed by atoms with E-state index in [0.29, 0.717) is 0 Å². The second-order valence-electron chi connectivity index (χ2n) is 3.11. The molecule has 7 nitrogen and oxygen atoms in total. The SMILES string of the molecule is CN(CC(=O)O)C(=O)NCCS(C)(=O)=O. The van der Waals surface area contributed by atoms with E-state index < -0.39 is 28.4 Å². The average molecular weight is 238 g/mol. The van der Waals surface area contributed by atoms with Crippen LogP contribution in [0.3, 0.4) is 0 Å². The molecule has 0 aromatic heterocycles. The molecule has 0 saturated heterocycles. The summed E-state index contributed by atoms with van der Waals surface area (Å²) in [5.74, 6) is -1.30. The lowest BCUT2D eigenvalue weighted by molar-refractivity contribution is -0.137. The fourth-order valence-corrected chi connectivity index (χ4v) is 1.23. The Morgan fingerprint density at radius 1 is 1.40 bits per heavy atom. The molecule has 0 fully saturated rings. The third-order valence-electron chi connectivity index (χ3n) is 1.47. The highest BCUT2D eigenvalue weighted by Gasteiger charge is 2.11. The monoisotopic (exact) mass is 238 g/mol. The summed E-state index contributed by atoms with van der Waals surface area (Å²) in [4.78, 5) is 22.3. The molecule has 2 amide bonds.